The standard InChI is InChI=1S/C12H17N3O7/c1-6-4-14(12(18)13-11(6)17)10-3-8(16)9(22-10)5-21-7(2)15(19)20/h4,7-10,16H,3,5H2,1-2H3,(H,13,17,18)/t7?,8-,9+,10+/m0/s1. The summed E-state index contributed by atoms with van der Waals surface area (Å²) in [7, 11) is 0. The topological polar surface area (TPSA) is 137 Å². The van der Waals surface area contributed by atoms with Gasteiger partial charge in [-0.1, -0.05) is 0 Å². The van der Waals surface area contributed by atoms with E-state index in [-0.39, 0.29) is 13.0 Å². The number of hydrogen-bond acceptors (Lipinski definition) is 7. The van der Waals surface area contributed by atoms with Gasteiger partial charge in [-0.25, -0.2) is 4.79 Å². The van der Waals surface area contributed by atoms with Crippen LogP contribution in [0.25, 0.3) is 0 Å². The van der Waals surface area contributed by atoms with Crippen LogP contribution in [0.3, 0.4) is 0 Å². The molecule has 0 aliphatic carbocycles. The number of ether oxygens (including phenoxy) is 2. The average molecular weight is 315 g/mol. The van der Waals surface area contributed by atoms with Crippen LogP contribution >= 0.6 is 0 Å². The van der Waals surface area contributed by atoms with E-state index >= 15 is 0 Å². The van der Waals surface area contributed by atoms with Crippen molar-refractivity contribution in [1.29, 1.82) is 0 Å². The predicted octanol–water partition coefficient (Wildman–Crippen LogP) is -0.867. The number of nitrogens with one attached hydrogen (secondary N) is 1. The number of aromatic nitrogens is 2. The molecule has 10 heteroatoms. The molecule has 2 rings (SSSR count). The van der Waals surface area contributed by atoms with Crippen LogP contribution in [0.1, 0.15) is 25.1 Å². The van der Waals surface area contributed by atoms with E-state index in [2.05, 4.69) is 4.98 Å². The number of aryl methyl sites for hydroxylation is 1. The zero-order valence-corrected chi connectivity index (χ0v) is 12.1. The molecule has 1 aliphatic heterocycles. The fourth-order valence-electron chi connectivity index (χ4n) is 2.13. The molecule has 1 aromatic heterocycles. The molecule has 1 unspecified atom stereocenters. The highest BCUT2D eigenvalue weighted by Crippen LogP contribution is 2.27. The number of rotatable bonds is 5. The van der Waals surface area contributed by atoms with E-state index in [1.807, 2.05) is 0 Å². The van der Waals surface area contributed by atoms with Gasteiger partial charge in [-0.3, -0.25) is 24.5 Å². The number of nitrogens with zero attached hydrogens (tertiary/aromatic N) is 2. The second kappa shape index (κ2) is 6.38. The second-order valence-corrected chi connectivity index (χ2v) is 5.13. The lowest BCUT2D eigenvalue weighted by atomic mass is 10.2. The Morgan fingerprint density at radius 2 is 2.32 bits per heavy atom. The molecule has 1 aromatic rings. The third-order valence-corrected chi connectivity index (χ3v) is 3.46. The molecule has 10 nitrogen and oxygen atoms in total. The van der Waals surface area contributed by atoms with Crippen LogP contribution in [0.4, 0.5) is 0 Å². The summed E-state index contributed by atoms with van der Waals surface area (Å²) >= 11 is 0. The molecule has 1 saturated heterocycles. The summed E-state index contributed by atoms with van der Waals surface area (Å²) in [6.07, 6.45) is -2.23. The summed E-state index contributed by atoms with van der Waals surface area (Å²) in [5.74, 6) is 0. The van der Waals surface area contributed by atoms with Crippen molar-refractivity contribution in [1.82, 2.24) is 9.55 Å². The lowest BCUT2D eigenvalue weighted by Crippen LogP contribution is -2.34. The number of aromatic amines is 1. The fourth-order valence-corrected chi connectivity index (χ4v) is 2.13. The summed E-state index contributed by atoms with van der Waals surface area (Å²) in [6, 6.07) is 0. The highest BCUT2D eigenvalue weighted by molar-refractivity contribution is 5.02. The minimum absolute atomic E-state index is 0.117. The monoisotopic (exact) mass is 315 g/mol. The van der Waals surface area contributed by atoms with Crippen molar-refractivity contribution in [3.63, 3.8) is 0 Å². The Morgan fingerprint density at radius 3 is 2.95 bits per heavy atom. The molecular weight excluding hydrogens is 298 g/mol. The van der Waals surface area contributed by atoms with Gasteiger partial charge in [0.2, 0.25) is 0 Å². The number of aliphatic hydroxyl groups excluding tert-OH is 1. The van der Waals surface area contributed by atoms with E-state index < -0.39 is 40.8 Å². The summed E-state index contributed by atoms with van der Waals surface area (Å²) in [5.41, 5.74) is -0.799. The Hall–Kier alpha value is -2.04. The van der Waals surface area contributed by atoms with Crippen molar-refractivity contribution in [2.24, 2.45) is 0 Å². The summed E-state index contributed by atoms with van der Waals surface area (Å²) in [5, 5.41) is 20.4. The van der Waals surface area contributed by atoms with E-state index in [4.69, 9.17) is 9.47 Å². The van der Waals surface area contributed by atoms with E-state index in [1.165, 1.54) is 17.7 Å². The lowest BCUT2D eigenvalue weighted by molar-refractivity contribution is -0.571. The van der Waals surface area contributed by atoms with Crippen LogP contribution in [0.2, 0.25) is 0 Å². The molecular formula is C12H17N3O7. The van der Waals surface area contributed by atoms with Gasteiger partial charge in [0.1, 0.15) is 12.3 Å². The third-order valence-electron chi connectivity index (χ3n) is 3.46. The quantitative estimate of drug-likeness (QED) is 0.409. The van der Waals surface area contributed by atoms with Crippen LogP contribution in [0.15, 0.2) is 15.8 Å². The molecule has 4 atom stereocenters. The predicted molar refractivity (Wildman–Crippen MR) is 73.0 cm³/mol. The molecule has 122 valence electrons. The molecule has 2 heterocycles. The SMILES string of the molecule is Cc1cn([C@H]2C[C@H](O)[C@@H](COC(C)[N+](=O)[O-])O2)c(=O)[nH]c1=O. The minimum Gasteiger partial charge on any atom is -0.390 e. The van der Waals surface area contributed by atoms with Crippen LogP contribution in [-0.2, 0) is 9.47 Å². The van der Waals surface area contributed by atoms with Gasteiger partial charge in [0, 0.05) is 25.1 Å². The van der Waals surface area contributed by atoms with E-state index in [9.17, 15) is 24.8 Å². The molecule has 0 amide bonds. The zero-order chi connectivity index (χ0) is 16.4. The Labute approximate surface area is 124 Å². The first-order chi connectivity index (χ1) is 10.3. The molecule has 0 saturated carbocycles. The molecule has 2 N–H and O–H groups in total. The first kappa shape index (κ1) is 16.3. The van der Waals surface area contributed by atoms with Gasteiger partial charge in [0.25, 0.3) is 5.56 Å². The van der Waals surface area contributed by atoms with E-state index in [0.717, 1.165) is 0 Å². The van der Waals surface area contributed by atoms with Crippen LogP contribution < -0.4 is 11.2 Å². The van der Waals surface area contributed by atoms with E-state index in [0.29, 0.717) is 5.56 Å². The number of nitro groups is 1. The van der Waals surface area contributed by atoms with Crippen molar-refractivity contribution in [2.75, 3.05) is 6.61 Å². The zero-order valence-electron chi connectivity index (χ0n) is 12.1. The Balaban J connectivity index is 2.08. The Bertz CT molecular complexity index is 667. The molecule has 1 aliphatic rings. The van der Waals surface area contributed by atoms with Gasteiger partial charge in [-0.15, -0.1) is 0 Å². The molecule has 1 fully saturated rings. The summed E-state index contributed by atoms with van der Waals surface area (Å²) < 4.78 is 11.7. The number of hydrogen-bond donors (Lipinski definition) is 2. The van der Waals surface area contributed by atoms with Gasteiger partial charge >= 0.3 is 11.9 Å². The van der Waals surface area contributed by atoms with Gasteiger partial charge < -0.3 is 14.6 Å². The summed E-state index contributed by atoms with van der Waals surface area (Å²) in [6.45, 7) is 2.64. The van der Waals surface area contributed by atoms with Gasteiger partial charge in [-0.2, -0.15) is 0 Å². The largest absolute Gasteiger partial charge is 0.390 e. The maximum atomic E-state index is 11.8. The summed E-state index contributed by atoms with van der Waals surface area (Å²) in [4.78, 5) is 35.1. The van der Waals surface area contributed by atoms with Crippen molar-refractivity contribution in [3.8, 4) is 0 Å². The van der Waals surface area contributed by atoms with E-state index in [1.54, 1.807) is 6.92 Å². The molecule has 0 bridgehead atoms. The minimum atomic E-state index is -1.21. The second-order valence-electron chi connectivity index (χ2n) is 5.13. The maximum absolute atomic E-state index is 11.8. The molecule has 0 aromatic carbocycles. The lowest BCUT2D eigenvalue weighted by Gasteiger charge is -2.16. The Morgan fingerprint density at radius 1 is 1.64 bits per heavy atom. The normalized spacial score (nSPS) is 26.0. The van der Waals surface area contributed by atoms with Crippen molar-refractivity contribution in [3.05, 3.63) is 42.7 Å². The fraction of sp³-hybridized carbons (Fsp3) is 0.667. The van der Waals surface area contributed by atoms with Crippen LogP contribution in [-0.4, -0.2) is 44.6 Å². The number of H-pyrrole nitrogens is 1. The first-order valence-corrected chi connectivity index (χ1v) is 6.70. The molecule has 22 heavy (non-hydrogen) atoms. The maximum Gasteiger partial charge on any atom is 0.330 e. The van der Waals surface area contributed by atoms with Gasteiger partial charge in [0.05, 0.1) is 17.6 Å². The smallest absolute Gasteiger partial charge is 0.330 e. The molecule has 0 radical (unpaired) electrons. The van der Waals surface area contributed by atoms with Gasteiger partial charge in [0.15, 0.2) is 0 Å². The highest BCUT2D eigenvalue weighted by atomic mass is 16.7. The average Bonchev–Trinajstić information content (AvgIpc) is 2.81. The number of aliphatic hydroxyl groups is 1. The highest BCUT2D eigenvalue weighted by Gasteiger charge is 2.36. The third kappa shape index (κ3) is 3.40. The van der Waals surface area contributed by atoms with Crippen molar-refractivity contribution >= 4 is 0 Å². The first-order valence-electron chi connectivity index (χ1n) is 6.70. The van der Waals surface area contributed by atoms with Crippen molar-refractivity contribution < 1.29 is 19.5 Å². The molecule has 0 spiro atoms. The van der Waals surface area contributed by atoms with Crippen LogP contribution in [0, 0.1) is 17.0 Å². The van der Waals surface area contributed by atoms with Crippen LogP contribution in [0.5, 0.6) is 0 Å². The van der Waals surface area contributed by atoms with Gasteiger partial charge in [-0.05, 0) is 6.92 Å². The van der Waals surface area contributed by atoms with Crippen molar-refractivity contribution in [2.45, 2.75) is 44.9 Å². The Kier molecular flexibility index (Phi) is 4.74.